The molecule has 0 spiro atoms. The van der Waals surface area contributed by atoms with E-state index in [2.05, 4.69) is 211 Å². The lowest BCUT2D eigenvalue weighted by Crippen LogP contribution is -2.18. The van der Waals surface area contributed by atoms with Gasteiger partial charge in [0.15, 0.2) is 0 Å². The van der Waals surface area contributed by atoms with E-state index in [0.29, 0.717) is 5.92 Å². The van der Waals surface area contributed by atoms with E-state index >= 15 is 0 Å². The quantitative estimate of drug-likeness (QED) is 0.134. The Labute approximate surface area is 427 Å². The minimum atomic E-state index is 0.127. The molecule has 5 aliphatic rings. The van der Waals surface area contributed by atoms with Crippen molar-refractivity contribution in [3.63, 3.8) is 0 Å². The van der Waals surface area contributed by atoms with Crippen LogP contribution in [0.25, 0.3) is 49.7 Å². The van der Waals surface area contributed by atoms with Gasteiger partial charge in [-0.2, -0.15) is 0 Å². The minimum absolute atomic E-state index is 0.127. The van der Waals surface area contributed by atoms with E-state index in [1.807, 2.05) is 80.5 Å². The Balaban J connectivity index is 0.000000277. The molecular formula is C69H87N. The lowest BCUT2D eigenvalue weighted by atomic mass is 9.76. The molecule has 5 aromatic rings. The average molecular weight is 930 g/mol. The summed E-state index contributed by atoms with van der Waals surface area (Å²) in [6.45, 7) is 34.8. The Bertz CT molecular complexity index is 2710. The van der Waals surface area contributed by atoms with Crippen molar-refractivity contribution in [2.24, 2.45) is 5.92 Å². The van der Waals surface area contributed by atoms with Crippen molar-refractivity contribution in [1.82, 2.24) is 0 Å². The van der Waals surface area contributed by atoms with Crippen molar-refractivity contribution in [2.45, 2.75) is 135 Å². The van der Waals surface area contributed by atoms with Gasteiger partial charge in [-0.05, 0) is 132 Å². The van der Waals surface area contributed by atoms with Crippen LogP contribution in [-0.2, 0) is 5.41 Å². The summed E-state index contributed by atoms with van der Waals surface area (Å²) in [6.07, 6.45) is 32.3. The van der Waals surface area contributed by atoms with E-state index in [0.717, 1.165) is 24.9 Å². The van der Waals surface area contributed by atoms with Crippen LogP contribution in [0.2, 0.25) is 0 Å². The fourth-order valence-corrected chi connectivity index (χ4v) is 9.22. The molecule has 5 aromatic carbocycles. The van der Waals surface area contributed by atoms with Crippen LogP contribution in [0.3, 0.4) is 0 Å². The summed E-state index contributed by atoms with van der Waals surface area (Å²) in [7, 11) is 0. The van der Waals surface area contributed by atoms with Crippen LogP contribution < -0.4 is 5.32 Å². The molecule has 0 saturated heterocycles. The number of benzene rings is 5. The van der Waals surface area contributed by atoms with E-state index in [4.69, 9.17) is 0 Å². The van der Waals surface area contributed by atoms with E-state index in [1.165, 1.54) is 95.3 Å². The monoisotopic (exact) mass is 930 g/mol. The van der Waals surface area contributed by atoms with Crippen LogP contribution >= 0.6 is 0 Å². The third-order valence-corrected chi connectivity index (χ3v) is 12.3. The highest BCUT2D eigenvalue weighted by atomic mass is 14.9. The maximum atomic E-state index is 3.64. The van der Waals surface area contributed by atoms with Gasteiger partial charge in [-0.1, -0.05) is 263 Å². The first-order chi connectivity index (χ1) is 34.1. The molecule has 0 radical (unpaired) electrons. The molecule has 5 aliphatic carbocycles. The second kappa shape index (κ2) is 30.2. The summed E-state index contributed by atoms with van der Waals surface area (Å²) in [6, 6.07) is 37.8. The molecule has 0 heterocycles. The summed E-state index contributed by atoms with van der Waals surface area (Å²) < 4.78 is 0. The molecular weight excluding hydrogens is 843 g/mol. The molecule has 0 saturated carbocycles. The molecule has 0 amide bonds. The maximum Gasteiger partial charge on any atom is 0.0388 e. The third kappa shape index (κ3) is 14.1. The van der Waals surface area contributed by atoms with Crippen molar-refractivity contribution in [2.75, 3.05) is 5.32 Å². The molecule has 1 nitrogen and oxygen atoms in total. The first-order valence-electron chi connectivity index (χ1n) is 26.4. The molecule has 1 N–H and O–H groups in total. The maximum absolute atomic E-state index is 3.64. The zero-order valence-corrected chi connectivity index (χ0v) is 45.9. The lowest BCUT2D eigenvalue weighted by Gasteiger charge is -2.28. The van der Waals surface area contributed by atoms with Crippen LogP contribution in [0.5, 0.6) is 0 Å². The molecule has 70 heavy (non-hydrogen) atoms. The highest BCUT2D eigenvalue weighted by Gasteiger charge is 2.41. The van der Waals surface area contributed by atoms with Crippen LogP contribution in [0.1, 0.15) is 141 Å². The number of rotatable bonds is 5. The van der Waals surface area contributed by atoms with Crippen molar-refractivity contribution in [1.29, 1.82) is 0 Å². The highest BCUT2D eigenvalue weighted by molar-refractivity contribution is 6.18. The molecule has 1 atom stereocenters. The number of allylic oxidation sites excluding steroid dienone is 18. The molecule has 368 valence electrons. The average Bonchev–Trinajstić information content (AvgIpc) is 4.01. The van der Waals surface area contributed by atoms with Gasteiger partial charge in [0.2, 0.25) is 0 Å². The van der Waals surface area contributed by atoms with Gasteiger partial charge in [0.1, 0.15) is 0 Å². The van der Waals surface area contributed by atoms with Gasteiger partial charge in [0, 0.05) is 29.1 Å². The molecule has 0 aromatic heterocycles. The number of anilines is 1. The van der Waals surface area contributed by atoms with E-state index in [-0.39, 0.29) is 5.41 Å². The summed E-state index contributed by atoms with van der Waals surface area (Å²) >= 11 is 0. The van der Waals surface area contributed by atoms with Gasteiger partial charge in [0.25, 0.3) is 0 Å². The minimum Gasteiger partial charge on any atom is -0.359 e. The summed E-state index contributed by atoms with van der Waals surface area (Å²) in [5.74, 6) is 0.501. The Morgan fingerprint density at radius 2 is 1.33 bits per heavy atom. The van der Waals surface area contributed by atoms with Gasteiger partial charge in [0.05, 0.1) is 0 Å². The summed E-state index contributed by atoms with van der Waals surface area (Å²) in [4.78, 5) is 0. The van der Waals surface area contributed by atoms with Crippen LogP contribution in [-0.4, -0.2) is 0 Å². The zero-order chi connectivity index (χ0) is 51.6. The fourth-order valence-electron chi connectivity index (χ4n) is 9.22. The smallest absolute Gasteiger partial charge is 0.0388 e. The first-order valence-corrected chi connectivity index (χ1v) is 26.4. The molecule has 0 bridgehead atoms. The van der Waals surface area contributed by atoms with Gasteiger partial charge in [-0.25, -0.2) is 0 Å². The third-order valence-electron chi connectivity index (χ3n) is 12.3. The Morgan fingerprint density at radius 1 is 0.714 bits per heavy atom. The van der Waals surface area contributed by atoms with Crippen LogP contribution in [0.15, 0.2) is 217 Å². The number of hydrogen-bond donors (Lipinski definition) is 1. The van der Waals surface area contributed by atoms with Gasteiger partial charge in [-0.3, -0.25) is 0 Å². The van der Waals surface area contributed by atoms with Crippen molar-refractivity contribution < 1.29 is 0 Å². The molecule has 10 rings (SSSR count). The normalized spacial score (nSPS) is 15.6. The fraction of sp³-hybridized carbons (Fsp3) is 0.304. The second-order valence-electron chi connectivity index (χ2n) is 17.5. The topological polar surface area (TPSA) is 12.0 Å². The Hall–Kier alpha value is -6.44. The second-order valence-corrected chi connectivity index (χ2v) is 17.5. The standard InChI is InChI=1S/C29H23N.C19H18.C7H12.C5H8.C3H8.3C2H6/c1-2-4-11-21(10-3-1)30-22-12-7-9-20(19-22)23-17-18-28-25-14-6-5-13-24(25)27-16-8-15-26(23)29(27)28;1-12-11-17-18(14-9-6-8-13(12)14)15-7-4-5-10-16(15)19(17,2)3;1-4-6-7(3)5-2;1-3-5-4-2;1-3-2;3*1-2/h1,3,5-9,11-19,30H,2,4,10H2;4-11,13H,1-3H3;4-6H,1-3H3;3-5H,1H2,2H3;3H2,1-2H3;3*1-2H3/b;;6-4-,7-5-;5-4-;;;;. The number of hydrogen-bond acceptors (Lipinski definition) is 1. The predicted molar refractivity (Wildman–Crippen MR) is 319 cm³/mol. The van der Waals surface area contributed by atoms with E-state index in [1.54, 1.807) is 6.08 Å². The van der Waals surface area contributed by atoms with Crippen LogP contribution in [0.4, 0.5) is 5.69 Å². The SMILES string of the molecule is C/C=C\C(C)=C/C.C1=CCC(Nc2cccc(-c3ccc4c5c(cccc35)-c3ccccc3-4)c2)=CCC1.C=C/C=C\C.CC.CC.CC.CC1=CC2=C(C3=CC=CC13)c1ccccc1C2(C)C.CCC. The molecule has 0 fully saturated rings. The van der Waals surface area contributed by atoms with Crippen molar-refractivity contribution in [3.8, 4) is 33.4 Å². The Morgan fingerprint density at radius 3 is 1.94 bits per heavy atom. The van der Waals surface area contributed by atoms with Crippen molar-refractivity contribution in [3.05, 3.63) is 228 Å². The van der Waals surface area contributed by atoms with E-state index < -0.39 is 0 Å². The Kier molecular flexibility index (Phi) is 25.0. The van der Waals surface area contributed by atoms with Gasteiger partial charge < -0.3 is 5.32 Å². The van der Waals surface area contributed by atoms with Gasteiger partial charge in [-0.15, -0.1) is 0 Å². The van der Waals surface area contributed by atoms with Gasteiger partial charge >= 0.3 is 0 Å². The first kappa shape index (κ1) is 57.9. The molecule has 1 unspecified atom stereocenters. The molecule has 1 heteroatoms. The van der Waals surface area contributed by atoms with Crippen LogP contribution in [0, 0.1) is 5.92 Å². The zero-order valence-electron chi connectivity index (χ0n) is 45.9. The van der Waals surface area contributed by atoms with E-state index in [9.17, 15) is 0 Å². The highest BCUT2D eigenvalue weighted by Crippen LogP contribution is 2.55. The lowest BCUT2D eigenvalue weighted by molar-refractivity contribution is 0.649. The van der Waals surface area contributed by atoms with Crippen molar-refractivity contribution >= 4 is 22.0 Å². The predicted octanol–water partition coefficient (Wildman–Crippen LogP) is 21.8. The number of nitrogens with one attached hydrogen (secondary N) is 1. The summed E-state index contributed by atoms with van der Waals surface area (Å²) in [5, 5.41) is 6.35. The molecule has 0 aliphatic heterocycles. The summed E-state index contributed by atoms with van der Waals surface area (Å²) in [5.41, 5.74) is 20.7. The largest absolute Gasteiger partial charge is 0.359 e. The number of fused-ring (bicyclic) bond motifs is 7.